The zero-order chi connectivity index (χ0) is 26.8. The van der Waals surface area contributed by atoms with Crippen molar-refractivity contribution >= 4 is 29.2 Å². The van der Waals surface area contributed by atoms with Crippen molar-refractivity contribution in [2.24, 2.45) is 0 Å². The molecule has 38 heavy (non-hydrogen) atoms. The lowest BCUT2D eigenvalue weighted by atomic mass is 10.0. The maximum Gasteiger partial charge on any atom is 0.326 e. The fourth-order valence-corrected chi connectivity index (χ4v) is 4.63. The van der Waals surface area contributed by atoms with Crippen LogP contribution < -0.4 is 15.5 Å². The molecule has 0 bridgehead atoms. The fraction of sp³-hybridized carbons (Fsp3) is 0.231. The Morgan fingerprint density at radius 3 is 2.68 bits per heavy atom. The van der Waals surface area contributed by atoms with Crippen LogP contribution in [0.3, 0.4) is 0 Å². The monoisotopic (exact) mass is 522 g/mol. The van der Waals surface area contributed by atoms with Crippen molar-refractivity contribution in [3.63, 3.8) is 0 Å². The number of fused-ring (bicyclic) bond motifs is 1. The number of aromatic nitrogens is 3. The topological polar surface area (TPSA) is 132 Å². The van der Waals surface area contributed by atoms with Crippen LogP contribution in [-0.4, -0.2) is 49.4 Å². The molecule has 0 aliphatic carbocycles. The highest BCUT2D eigenvalue weighted by atomic mass is 19.1. The van der Waals surface area contributed by atoms with Crippen LogP contribution in [0.1, 0.15) is 30.0 Å². The predicted octanol–water partition coefficient (Wildman–Crippen LogP) is 3.87. The predicted molar refractivity (Wildman–Crippen MR) is 134 cm³/mol. The number of aromatic hydroxyl groups is 1. The summed E-state index contributed by atoms with van der Waals surface area (Å²) in [6.45, 7) is 0.582. The van der Waals surface area contributed by atoms with E-state index in [0.29, 0.717) is 30.0 Å². The van der Waals surface area contributed by atoms with Crippen molar-refractivity contribution < 1.29 is 28.6 Å². The Labute approximate surface area is 215 Å². The number of rotatable bonds is 7. The van der Waals surface area contributed by atoms with Gasteiger partial charge in [-0.3, -0.25) is 0 Å². The van der Waals surface area contributed by atoms with E-state index in [-0.39, 0.29) is 23.4 Å². The standard InChI is InChI=1S/C26H24F2N6O4/c27-16-5-8-19(28)18(13-16)22-2-1-10-33(22)23-9-11-34-24(32-23)21(14-29-34)31-26(38)30-20(25(36)37)12-15-3-6-17(35)7-4-15/h3-9,11,13-14,20,22,35H,1-2,10,12H2,(H,36,37)(H2,30,31,38)/t20?,22-/m1/s1. The molecule has 2 atom stereocenters. The van der Waals surface area contributed by atoms with Gasteiger partial charge in [-0.15, -0.1) is 0 Å². The number of hydrogen-bond donors (Lipinski definition) is 4. The number of nitrogens with one attached hydrogen (secondary N) is 2. The molecule has 2 aromatic heterocycles. The maximum atomic E-state index is 14.5. The van der Waals surface area contributed by atoms with Crippen LogP contribution in [0.2, 0.25) is 0 Å². The van der Waals surface area contributed by atoms with E-state index in [1.807, 2.05) is 4.90 Å². The van der Waals surface area contributed by atoms with Gasteiger partial charge in [-0.2, -0.15) is 5.10 Å². The minimum atomic E-state index is -1.23. The van der Waals surface area contributed by atoms with Crippen LogP contribution in [0.15, 0.2) is 60.9 Å². The third kappa shape index (κ3) is 5.19. The zero-order valence-electron chi connectivity index (χ0n) is 20.0. The van der Waals surface area contributed by atoms with Gasteiger partial charge in [-0.25, -0.2) is 27.9 Å². The fourth-order valence-electron chi connectivity index (χ4n) is 4.63. The number of carboxylic acid groups (broad SMARTS) is 1. The largest absolute Gasteiger partial charge is 0.508 e. The van der Waals surface area contributed by atoms with Crippen molar-refractivity contribution in [2.45, 2.75) is 31.3 Å². The first kappa shape index (κ1) is 24.9. The molecule has 0 spiro atoms. The number of carbonyl (C=O) groups excluding carboxylic acids is 1. The summed E-state index contributed by atoms with van der Waals surface area (Å²) in [6.07, 6.45) is 4.42. The van der Waals surface area contributed by atoms with Gasteiger partial charge in [0.1, 0.15) is 34.9 Å². The number of hydrogen-bond acceptors (Lipinski definition) is 6. The average Bonchev–Trinajstić information content (AvgIpc) is 3.53. The van der Waals surface area contributed by atoms with E-state index in [9.17, 15) is 28.6 Å². The number of phenolic OH excluding ortho intramolecular Hbond substituents is 1. The summed E-state index contributed by atoms with van der Waals surface area (Å²) in [4.78, 5) is 30.9. The van der Waals surface area contributed by atoms with Gasteiger partial charge < -0.3 is 25.7 Å². The normalized spacial score (nSPS) is 15.9. The van der Waals surface area contributed by atoms with Crippen molar-refractivity contribution in [1.82, 2.24) is 19.9 Å². The summed E-state index contributed by atoms with van der Waals surface area (Å²) < 4.78 is 29.8. The van der Waals surface area contributed by atoms with Gasteiger partial charge in [0.2, 0.25) is 0 Å². The van der Waals surface area contributed by atoms with Gasteiger partial charge in [-0.05, 0) is 54.8 Å². The summed E-state index contributed by atoms with van der Waals surface area (Å²) in [5.41, 5.74) is 1.41. The number of anilines is 2. The number of aliphatic carboxylic acids is 1. The van der Waals surface area contributed by atoms with E-state index in [4.69, 9.17) is 0 Å². The first-order valence-corrected chi connectivity index (χ1v) is 11.9. The van der Waals surface area contributed by atoms with Gasteiger partial charge >= 0.3 is 12.0 Å². The molecule has 12 heteroatoms. The molecule has 196 valence electrons. The Hall–Kier alpha value is -4.74. The van der Waals surface area contributed by atoms with Crippen molar-refractivity contribution in [3.8, 4) is 5.75 Å². The molecule has 10 nitrogen and oxygen atoms in total. The average molecular weight is 523 g/mol. The molecular formula is C26H24F2N6O4. The van der Waals surface area contributed by atoms with Crippen LogP contribution in [0, 0.1) is 11.6 Å². The highest BCUT2D eigenvalue weighted by molar-refractivity contribution is 5.95. The van der Waals surface area contributed by atoms with Crippen molar-refractivity contribution in [2.75, 3.05) is 16.8 Å². The van der Waals surface area contributed by atoms with Gasteiger partial charge in [-0.1, -0.05) is 12.1 Å². The summed E-state index contributed by atoms with van der Waals surface area (Å²) in [6, 6.07) is 8.72. The smallest absolute Gasteiger partial charge is 0.326 e. The molecule has 0 radical (unpaired) electrons. The molecule has 4 aromatic rings. The van der Waals surface area contributed by atoms with Gasteiger partial charge in [0.05, 0.1) is 12.2 Å². The first-order valence-electron chi connectivity index (χ1n) is 11.9. The second kappa shape index (κ2) is 10.3. The molecule has 2 aromatic carbocycles. The van der Waals surface area contributed by atoms with Crippen LogP contribution in [0.5, 0.6) is 5.75 Å². The van der Waals surface area contributed by atoms with Crippen LogP contribution in [0.25, 0.3) is 5.65 Å². The minimum absolute atomic E-state index is 0.00712. The molecule has 0 saturated carbocycles. The van der Waals surface area contributed by atoms with E-state index in [0.717, 1.165) is 18.6 Å². The number of halogens is 2. The lowest BCUT2D eigenvalue weighted by Crippen LogP contribution is -2.44. The minimum Gasteiger partial charge on any atom is -0.508 e. The third-order valence-electron chi connectivity index (χ3n) is 6.45. The van der Waals surface area contributed by atoms with E-state index >= 15 is 0 Å². The molecule has 1 aliphatic heterocycles. The lowest BCUT2D eigenvalue weighted by Gasteiger charge is -2.26. The second-order valence-corrected chi connectivity index (χ2v) is 8.99. The molecule has 3 heterocycles. The number of urea groups is 1. The Kier molecular flexibility index (Phi) is 6.77. The second-order valence-electron chi connectivity index (χ2n) is 8.99. The van der Waals surface area contributed by atoms with Crippen molar-refractivity contribution in [1.29, 1.82) is 0 Å². The van der Waals surface area contributed by atoms with Crippen molar-refractivity contribution in [3.05, 3.63) is 83.7 Å². The summed E-state index contributed by atoms with van der Waals surface area (Å²) in [7, 11) is 0. The Morgan fingerprint density at radius 1 is 1.13 bits per heavy atom. The SMILES string of the molecule is O=C(Nc1cnn2ccc(N3CCC[C@@H]3c3cc(F)ccc3F)nc12)NC(Cc1ccc(O)cc1)C(=O)O. The third-order valence-corrected chi connectivity index (χ3v) is 6.45. The highest BCUT2D eigenvalue weighted by Crippen LogP contribution is 2.37. The molecule has 1 fully saturated rings. The maximum absolute atomic E-state index is 14.5. The number of benzene rings is 2. The molecule has 1 aliphatic rings. The van der Waals surface area contributed by atoms with Crippen LogP contribution in [-0.2, 0) is 11.2 Å². The van der Waals surface area contributed by atoms with Crippen LogP contribution in [0.4, 0.5) is 25.1 Å². The number of phenols is 1. The summed E-state index contributed by atoms with van der Waals surface area (Å²) in [5.74, 6) is -1.68. The Bertz CT molecular complexity index is 1490. The molecule has 1 unspecified atom stereocenters. The number of carbonyl (C=O) groups is 2. The number of amides is 2. The summed E-state index contributed by atoms with van der Waals surface area (Å²) in [5, 5.41) is 28.2. The quantitative estimate of drug-likeness (QED) is 0.290. The summed E-state index contributed by atoms with van der Waals surface area (Å²) >= 11 is 0. The number of carboxylic acids is 1. The van der Waals surface area contributed by atoms with Gasteiger partial charge in [0.15, 0.2) is 5.65 Å². The molecule has 1 saturated heterocycles. The Morgan fingerprint density at radius 2 is 1.92 bits per heavy atom. The van der Waals surface area contributed by atoms with Crippen LogP contribution >= 0.6 is 0 Å². The van der Waals surface area contributed by atoms with E-state index < -0.39 is 35.7 Å². The van der Waals surface area contributed by atoms with Gasteiger partial charge in [0.25, 0.3) is 0 Å². The Balaban J connectivity index is 1.34. The number of nitrogens with zero attached hydrogens (tertiary/aromatic N) is 4. The lowest BCUT2D eigenvalue weighted by molar-refractivity contribution is -0.139. The first-order chi connectivity index (χ1) is 18.3. The van der Waals surface area contributed by atoms with E-state index in [1.54, 1.807) is 24.4 Å². The van der Waals surface area contributed by atoms with E-state index in [1.165, 1.54) is 28.9 Å². The zero-order valence-corrected chi connectivity index (χ0v) is 20.0. The van der Waals surface area contributed by atoms with E-state index in [2.05, 4.69) is 20.7 Å². The molecule has 5 rings (SSSR count). The molecular weight excluding hydrogens is 498 g/mol. The molecule has 2 amide bonds. The van der Waals surface area contributed by atoms with Gasteiger partial charge in [0, 0.05) is 24.7 Å². The highest BCUT2D eigenvalue weighted by Gasteiger charge is 2.30. The molecule has 4 N–H and O–H groups in total.